The molecular weight excluding hydrogens is 350 g/mol. The van der Waals surface area contributed by atoms with E-state index in [-0.39, 0.29) is 25.3 Å². The number of carbonyl (C=O) groups excluding carboxylic acids is 1. The molecule has 2 aromatic heterocycles. The van der Waals surface area contributed by atoms with Gasteiger partial charge in [-0.1, -0.05) is 0 Å². The summed E-state index contributed by atoms with van der Waals surface area (Å²) in [6.45, 7) is -0.336. The minimum absolute atomic E-state index is 0.158. The van der Waals surface area contributed by atoms with Gasteiger partial charge in [0.05, 0.1) is 19.2 Å². The Morgan fingerprint density at radius 1 is 1.23 bits per heavy atom. The maximum absolute atomic E-state index is 11.5. The SMILES string of the molecule is Nc1ncnc2c1ncn2[C@@H]1O[C@H](COC(=O)CCC(=O)O)C(O)[C@@H]1O. The average Bonchev–Trinajstić information content (AvgIpc) is 3.15. The maximum Gasteiger partial charge on any atom is 0.306 e. The van der Waals surface area contributed by atoms with Gasteiger partial charge in [0, 0.05) is 0 Å². The van der Waals surface area contributed by atoms with Crippen molar-refractivity contribution >= 4 is 28.9 Å². The molecule has 26 heavy (non-hydrogen) atoms. The molecule has 140 valence electrons. The van der Waals surface area contributed by atoms with Gasteiger partial charge < -0.3 is 30.5 Å². The molecule has 2 aromatic rings. The van der Waals surface area contributed by atoms with E-state index in [1.807, 2.05) is 0 Å². The number of esters is 1. The average molecular weight is 367 g/mol. The fourth-order valence-electron chi connectivity index (χ4n) is 2.61. The van der Waals surface area contributed by atoms with Crippen LogP contribution in [0.5, 0.6) is 0 Å². The number of fused-ring (bicyclic) bond motifs is 1. The number of nitrogens with two attached hydrogens (primary N) is 1. The first-order chi connectivity index (χ1) is 12.4. The van der Waals surface area contributed by atoms with Crippen LogP contribution in [0.2, 0.25) is 0 Å². The van der Waals surface area contributed by atoms with Gasteiger partial charge in [-0.05, 0) is 0 Å². The van der Waals surface area contributed by atoms with E-state index in [0.717, 1.165) is 0 Å². The summed E-state index contributed by atoms with van der Waals surface area (Å²) in [5.74, 6) is -1.71. The largest absolute Gasteiger partial charge is 0.481 e. The van der Waals surface area contributed by atoms with Crippen LogP contribution >= 0.6 is 0 Å². The first-order valence-electron chi connectivity index (χ1n) is 7.70. The standard InChI is InChI=1S/C14H17N5O7/c15-12-9-13(17-4-16-12)19(5-18-9)14-11(24)10(23)6(26-14)3-25-8(22)2-1-7(20)21/h4-6,10-11,14,23-24H,1-3H2,(H,20,21)(H2,15,16,17)/t6-,10?,11+,14-/m1/s1. The number of aromatic nitrogens is 4. The highest BCUT2D eigenvalue weighted by Gasteiger charge is 2.44. The van der Waals surface area contributed by atoms with Crippen molar-refractivity contribution in [3.8, 4) is 0 Å². The fraction of sp³-hybridized carbons (Fsp3) is 0.500. The van der Waals surface area contributed by atoms with Gasteiger partial charge in [-0.15, -0.1) is 0 Å². The van der Waals surface area contributed by atoms with Crippen LogP contribution in [-0.2, 0) is 19.1 Å². The van der Waals surface area contributed by atoms with Crippen molar-refractivity contribution in [1.29, 1.82) is 0 Å². The van der Waals surface area contributed by atoms with Gasteiger partial charge in [0.25, 0.3) is 0 Å². The number of aliphatic hydroxyl groups excluding tert-OH is 2. The molecule has 1 aliphatic heterocycles. The molecule has 0 saturated carbocycles. The number of carboxylic acids is 1. The van der Waals surface area contributed by atoms with Gasteiger partial charge in [0.15, 0.2) is 17.7 Å². The lowest BCUT2D eigenvalue weighted by molar-refractivity contribution is -0.152. The van der Waals surface area contributed by atoms with E-state index < -0.39 is 36.5 Å². The lowest BCUT2D eigenvalue weighted by Crippen LogP contribution is -2.34. The number of carboxylic acid groups (broad SMARTS) is 1. The molecule has 1 unspecified atom stereocenters. The molecule has 1 saturated heterocycles. The van der Waals surface area contributed by atoms with Crippen LogP contribution in [-0.4, -0.2) is 71.7 Å². The Labute approximate surface area is 146 Å². The van der Waals surface area contributed by atoms with E-state index >= 15 is 0 Å². The fourth-order valence-corrected chi connectivity index (χ4v) is 2.61. The molecule has 0 aliphatic carbocycles. The van der Waals surface area contributed by atoms with Gasteiger partial charge in [-0.3, -0.25) is 14.2 Å². The highest BCUT2D eigenvalue weighted by molar-refractivity contribution is 5.81. The number of hydrogen-bond donors (Lipinski definition) is 4. The highest BCUT2D eigenvalue weighted by Crippen LogP contribution is 2.32. The predicted octanol–water partition coefficient (Wildman–Crippen LogP) is -1.56. The van der Waals surface area contributed by atoms with Crippen LogP contribution in [0.4, 0.5) is 5.82 Å². The molecule has 12 heteroatoms. The topological polar surface area (TPSA) is 183 Å². The van der Waals surface area contributed by atoms with Crippen LogP contribution < -0.4 is 5.73 Å². The molecule has 0 spiro atoms. The third-order valence-electron chi connectivity index (χ3n) is 3.95. The Morgan fingerprint density at radius 3 is 2.73 bits per heavy atom. The molecule has 0 aromatic carbocycles. The minimum Gasteiger partial charge on any atom is -0.481 e. The lowest BCUT2D eigenvalue weighted by atomic mass is 10.1. The number of aliphatic carboxylic acids is 1. The summed E-state index contributed by atoms with van der Waals surface area (Å²) in [7, 11) is 0. The monoisotopic (exact) mass is 367 g/mol. The van der Waals surface area contributed by atoms with Crippen molar-refractivity contribution < 1.29 is 34.4 Å². The Balaban J connectivity index is 1.68. The summed E-state index contributed by atoms with van der Waals surface area (Å²) in [4.78, 5) is 33.8. The summed E-state index contributed by atoms with van der Waals surface area (Å²) >= 11 is 0. The normalized spacial score (nSPS) is 25.5. The lowest BCUT2D eigenvalue weighted by Gasteiger charge is -2.16. The quantitative estimate of drug-likeness (QED) is 0.433. The second-order valence-corrected chi connectivity index (χ2v) is 5.71. The minimum atomic E-state index is -1.33. The second kappa shape index (κ2) is 7.19. The summed E-state index contributed by atoms with van der Waals surface area (Å²) in [5, 5.41) is 28.9. The molecule has 3 rings (SSSR count). The molecular formula is C14H17N5O7. The third-order valence-corrected chi connectivity index (χ3v) is 3.95. The van der Waals surface area contributed by atoms with E-state index in [2.05, 4.69) is 15.0 Å². The van der Waals surface area contributed by atoms with E-state index in [9.17, 15) is 19.8 Å². The maximum atomic E-state index is 11.5. The molecule has 5 N–H and O–H groups in total. The van der Waals surface area contributed by atoms with Crippen LogP contribution in [0.25, 0.3) is 11.2 Å². The number of hydrogen-bond acceptors (Lipinski definition) is 10. The zero-order valence-electron chi connectivity index (χ0n) is 13.4. The predicted molar refractivity (Wildman–Crippen MR) is 83.5 cm³/mol. The first-order valence-corrected chi connectivity index (χ1v) is 7.70. The van der Waals surface area contributed by atoms with Gasteiger partial charge in [0.2, 0.25) is 0 Å². The van der Waals surface area contributed by atoms with Gasteiger partial charge >= 0.3 is 11.9 Å². The van der Waals surface area contributed by atoms with E-state index in [0.29, 0.717) is 11.2 Å². The van der Waals surface area contributed by atoms with Crippen LogP contribution in [0, 0.1) is 0 Å². The van der Waals surface area contributed by atoms with Crippen molar-refractivity contribution in [2.45, 2.75) is 37.4 Å². The van der Waals surface area contributed by atoms with E-state index in [1.165, 1.54) is 17.2 Å². The molecule has 1 aliphatic rings. The number of rotatable bonds is 6. The van der Waals surface area contributed by atoms with E-state index in [1.54, 1.807) is 0 Å². The molecule has 0 amide bonds. The molecule has 3 heterocycles. The van der Waals surface area contributed by atoms with Gasteiger partial charge in [0.1, 0.15) is 36.8 Å². The Bertz CT molecular complexity index is 825. The Hall–Kier alpha value is -2.83. The summed E-state index contributed by atoms with van der Waals surface area (Å²) < 4.78 is 11.9. The molecule has 1 fully saturated rings. The van der Waals surface area contributed by atoms with E-state index in [4.69, 9.17) is 20.3 Å². The number of ether oxygens (including phenoxy) is 2. The molecule has 4 atom stereocenters. The zero-order valence-corrected chi connectivity index (χ0v) is 13.4. The number of aliphatic hydroxyl groups is 2. The van der Waals surface area contributed by atoms with Crippen molar-refractivity contribution in [3.63, 3.8) is 0 Å². The first kappa shape index (κ1) is 18.0. The number of carbonyl (C=O) groups is 2. The summed E-state index contributed by atoms with van der Waals surface area (Å²) in [6, 6.07) is 0. The smallest absolute Gasteiger partial charge is 0.306 e. The number of anilines is 1. The van der Waals surface area contributed by atoms with Crippen molar-refractivity contribution in [1.82, 2.24) is 19.5 Å². The zero-order chi connectivity index (χ0) is 18.8. The Morgan fingerprint density at radius 2 is 2.00 bits per heavy atom. The van der Waals surface area contributed by atoms with Crippen LogP contribution in [0.15, 0.2) is 12.7 Å². The Kier molecular flexibility index (Phi) is 4.97. The summed E-state index contributed by atoms with van der Waals surface area (Å²) in [5.41, 5.74) is 6.34. The second-order valence-electron chi connectivity index (χ2n) is 5.71. The molecule has 0 radical (unpaired) electrons. The van der Waals surface area contributed by atoms with Crippen molar-refractivity contribution in [3.05, 3.63) is 12.7 Å². The van der Waals surface area contributed by atoms with Gasteiger partial charge in [-0.25, -0.2) is 15.0 Å². The number of nitrogen functional groups attached to an aromatic ring is 1. The van der Waals surface area contributed by atoms with Gasteiger partial charge in [-0.2, -0.15) is 0 Å². The number of imidazole rings is 1. The van der Waals surface area contributed by atoms with Crippen LogP contribution in [0.1, 0.15) is 19.1 Å². The molecule has 0 bridgehead atoms. The highest BCUT2D eigenvalue weighted by atomic mass is 16.6. The molecule has 12 nitrogen and oxygen atoms in total. The summed E-state index contributed by atoms with van der Waals surface area (Å²) in [6.07, 6.45) is -2.76. The third kappa shape index (κ3) is 3.42. The van der Waals surface area contributed by atoms with Crippen molar-refractivity contribution in [2.24, 2.45) is 0 Å². The van der Waals surface area contributed by atoms with Crippen LogP contribution in [0.3, 0.4) is 0 Å². The number of nitrogens with zero attached hydrogens (tertiary/aromatic N) is 4. The van der Waals surface area contributed by atoms with Crippen molar-refractivity contribution in [2.75, 3.05) is 12.3 Å².